The number of halogens is 1. The zero-order chi connectivity index (χ0) is 13.0. The molecule has 0 fully saturated rings. The molecule has 18 heavy (non-hydrogen) atoms. The first-order valence-corrected chi connectivity index (χ1v) is 8.22. The maximum Gasteiger partial charge on any atom is 0.0931 e. The Balaban J connectivity index is 1.92. The Labute approximate surface area is 122 Å². The van der Waals surface area contributed by atoms with Crippen LogP contribution in [0.3, 0.4) is 0 Å². The van der Waals surface area contributed by atoms with Crippen molar-refractivity contribution in [3.8, 4) is 0 Å². The van der Waals surface area contributed by atoms with Crippen LogP contribution in [0.4, 0.5) is 0 Å². The van der Waals surface area contributed by atoms with Crippen molar-refractivity contribution >= 4 is 34.7 Å². The standard InChI is InChI=1S/C14H16ClNS2/c1-10(11-3-5-12(17-2)6-4-11)16-9-13-7-8-14(15)18-13/h3-8,10,16H,9H2,1-2H3. The fourth-order valence-electron chi connectivity index (χ4n) is 1.71. The van der Waals surface area contributed by atoms with Crippen molar-refractivity contribution < 1.29 is 0 Å². The molecule has 1 unspecified atom stereocenters. The summed E-state index contributed by atoms with van der Waals surface area (Å²) in [6, 6.07) is 13.1. The molecule has 0 aliphatic carbocycles. The van der Waals surface area contributed by atoms with Crippen LogP contribution < -0.4 is 5.32 Å². The molecule has 4 heteroatoms. The summed E-state index contributed by atoms with van der Waals surface area (Å²) in [6.45, 7) is 3.05. The van der Waals surface area contributed by atoms with Crippen molar-refractivity contribution in [1.29, 1.82) is 0 Å². The van der Waals surface area contributed by atoms with Crippen LogP contribution in [0.15, 0.2) is 41.3 Å². The maximum atomic E-state index is 5.91. The van der Waals surface area contributed by atoms with E-state index in [0.717, 1.165) is 10.9 Å². The van der Waals surface area contributed by atoms with Crippen LogP contribution in [0.1, 0.15) is 23.4 Å². The molecule has 0 bridgehead atoms. The number of thioether (sulfide) groups is 1. The van der Waals surface area contributed by atoms with Gasteiger partial charge < -0.3 is 5.32 Å². The van der Waals surface area contributed by atoms with Crippen molar-refractivity contribution in [3.63, 3.8) is 0 Å². The molecule has 1 aromatic carbocycles. The molecule has 0 spiro atoms. The van der Waals surface area contributed by atoms with E-state index in [-0.39, 0.29) is 0 Å². The highest BCUT2D eigenvalue weighted by Crippen LogP contribution is 2.23. The van der Waals surface area contributed by atoms with Crippen molar-refractivity contribution in [2.75, 3.05) is 6.26 Å². The molecule has 1 heterocycles. The summed E-state index contributed by atoms with van der Waals surface area (Å²) in [5, 5.41) is 3.51. The number of hydrogen-bond acceptors (Lipinski definition) is 3. The SMILES string of the molecule is CSc1ccc(C(C)NCc2ccc(Cl)s2)cc1. The fourth-order valence-corrected chi connectivity index (χ4v) is 3.16. The van der Waals surface area contributed by atoms with Gasteiger partial charge in [-0.3, -0.25) is 0 Å². The average molecular weight is 298 g/mol. The third-order valence-corrected chi connectivity index (χ3v) is 4.80. The predicted octanol–water partition coefficient (Wildman–Crippen LogP) is 4.97. The summed E-state index contributed by atoms with van der Waals surface area (Å²) in [5.74, 6) is 0. The normalized spacial score (nSPS) is 12.6. The van der Waals surface area contributed by atoms with Gasteiger partial charge in [-0.1, -0.05) is 23.7 Å². The van der Waals surface area contributed by atoms with E-state index in [0.29, 0.717) is 6.04 Å². The quantitative estimate of drug-likeness (QED) is 0.782. The first kappa shape index (κ1) is 13.9. The molecular formula is C14H16ClNS2. The molecule has 1 aromatic heterocycles. The molecule has 0 saturated heterocycles. The summed E-state index contributed by atoms with van der Waals surface area (Å²) in [5.41, 5.74) is 1.32. The van der Waals surface area contributed by atoms with Gasteiger partial charge in [0.2, 0.25) is 0 Å². The molecule has 0 amide bonds. The second-order valence-corrected chi connectivity index (χ2v) is 6.76. The number of benzene rings is 1. The van der Waals surface area contributed by atoms with Gasteiger partial charge in [-0.2, -0.15) is 0 Å². The molecular weight excluding hydrogens is 282 g/mol. The summed E-state index contributed by atoms with van der Waals surface area (Å²) in [6.07, 6.45) is 2.09. The third-order valence-electron chi connectivity index (χ3n) is 2.83. The number of thiophene rings is 1. The molecule has 0 aliphatic rings. The van der Waals surface area contributed by atoms with E-state index in [4.69, 9.17) is 11.6 Å². The Morgan fingerprint density at radius 3 is 2.50 bits per heavy atom. The topological polar surface area (TPSA) is 12.0 Å². The van der Waals surface area contributed by atoms with E-state index in [9.17, 15) is 0 Å². The average Bonchev–Trinajstić information content (AvgIpc) is 2.82. The van der Waals surface area contributed by atoms with Gasteiger partial charge in [-0.15, -0.1) is 23.1 Å². The van der Waals surface area contributed by atoms with Gasteiger partial charge in [-0.25, -0.2) is 0 Å². The second-order valence-electron chi connectivity index (χ2n) is 4.08. The predicted molar refractivity (Wildman–Crippen MR) is 82.8 cm³/mol. The van der Waals surface area contributed by atoms with E-state index in [1.165, 1.54) is 15.3 Å². The van der Waals surface area contributed by atoms with Gasteiger partial charge in [0.15, 0.2) is 0 Å². The van der Waals surface area contributed by atoms with Crippen molar-refractivity contribution in [1.82, 2.24) is 5.32 Å². The minimum Gasteiger partial charge on any atom is -0.305 e. The molecule has 1 atom stereocenters. The van der Waals surface area contributed by atoms with Gasteiger partial charge in [-0.05, 0) is 43.0 Å². The summed E-state index contributed by atoms with van der Waals surface area (Å²) in [4.78, 5) is 2.57. The molecule has 0 saturated carbocycles. The van der Waals surface area contributed by atoms with Gasteiger partial charge in [0, 0.05) is 22.4 Å². The van der Waals surface area contributed by atoms with Gasteiger partial charge in [0.25, 0.3) is 0 Å². The van der Waals surface area contributed by atoms with E-state index in [2.05, 4.69) is 48.8 Å². The third kappa shape index (κ3) is 3.75. The monoisotopic (exact) mass is 297 g/mol. The van der Waals surface area contributed by atoms with Crippen molar-refractivity contribution in [3.05, 3.63) is 51.2 Å². The van der Waals surface area contributed by atoms with Crippen LogP contribution in [0.2, 0.25) is 4.34 Å². The van der Waals surface area contributed by atoms with Gasteiger partial charge in [0.1, 0.15) is 0 Å². The van der Waals surface area contributed by atoms with Crippen molar-refractivity contribution in [2.45, 2.75) is 24.4 Å². The van der Waals surface area contributed by atoms with Crippen molar-refractivity contribution in [2.24, 2.45) is 0 Å². The highest BCUT2D eigenvalue weighted by Gasteiger charge is 2.05. The Hall–Kier alpha value is -0.480. The minimum atomic E-state index is 0.349. The van der Waals surface area contributed by atoms with Crippen LogP contribution >= 0.6 is 34.7 Å². The first-order chi connectivity index (χ1) is 8.69. The van der Waals surface area contributed by atoms with Gasteiger partial charge >= 0.3 is 0 Å². The highest BCUT2D eigenvalue weighted by atomic mass is 35.5. The van der Waals surface area contributed by atoms with E-state index in [1.807, 2.05) is 6.07 Å². The summed E-state index contributed by atoms with van der Waals surface area (Å²) in [7, 11) is 0. The van der Waals surface area contributed by atoms with Crippen LogP contribution in [0.25, 0.3) is 0 Å². The molecule has 1 N–H and O–H groups in total. The lowest BCUT2D eigenvalue weighted by Crippen LogP contribution is -2.17. The first-order valence-electron chi connectivity index (χ1n) is 5.80. The molecule has 0 aliphatic heterocycles. The minimum absolute atomic E-state index is 0.349. The second kappa shape index (κ2) is 6.62. The fraction of sp³-hybridized carbons (Fsp3) is 0.286. The smallest absolute Gasteiger partial charge is 0.0931 e. The Bertz CT molecular complexity index is 493. The van der Waals surface area contributed by atoms with E-state index < -0.39 is 0 Å². The van der Waals surface area contributed by atoms with Crippen LogP contribution in [-0.2, 0) is 6.54 Å². The molecule has 2 rings (SSSR count). The molecule has 1 nitrogen and oxygen atoms in total. The largest absolute Gasteiger partial charge is 0.305 e. The van der Waals surface area contributed by atoms with Crippen LogP contribution in [-0.4, -0.2) is 6.26 Å². The van der Waals surface area contributed by atoms with Crippen LogP contribution in [0, 0.1) is 0 Å². The Morgan fingerprint density at radius 2 is 1.94 bits per heavy atom. The lowest BCUT2D eigenvalue weighted by atomic mass is 10.1. The number of hydrogen-bond donors (Lipinski definition) is 1. The lowest BCUT2D eigenvalue weighted by molar-refractivity contribution is 0.578. The Morgan fingerprint density at radius 1 is 1.22 bits per heavy atom. The summed E-state index contributed by atoms with van der Waals surface area (Å²) < 4.78 is 0.851. The molecule has 2 aromatic rings. The van der Waals surface area contributed by atoms with E-state index >= 15 is 0 Å². The zero-order valence-corrected chi connectivity index (χ0v) is 12.8. The molecule has 0 radical (unpaired) electrons. The maximum absolute atomic E-state index is 5.91. The lowest BCUT2D eigenvalue weighted by Gasteiger charge is -2.13. The van der Waals surface area contributed by atoms with Crippen LogP contribution in [0.5, 0.6) is 0 Å². The van der Waals surface area contributed by atoms with Gasteiger partial charge in [0.05, 0.1) is 4.34 Å². The zero-order valence-electron chi connectivity index (χ0n) is 10.4. The number of nitrogens with one attached hydrogen (secondary N) is 1. The molecule has 96 valence electrons. The highest BCUT2D eigenvalue weighted by molar-refractivity contribution is 7.98. The van der Waals surface area contributed by atoms with E-state index in [1.54, 1.807) is 23.1 Å². The Kier molecular flexibility index (Phi) is 5.13. The summed E-state index contributed by atoms with van der Waals surface area (Å²) >= 11 is 9.31. The number of rotatable bonds is 5.